The first-order valence-corrected chi connectivity index (χ1v) is 2.60. The minimum absolute atomic E-state index is 0.552. The fourth-order valence-corrected chi connectivity index (χ4v) is 0.342. The van der Waals surface area contributed by atoms with E-state index in [1.165, 1.54) is 0 Å². The number of hydrogen-bond donors (Lipinski definition) is 2. The van der Waals surface area contributed by atoms with E-state index in [1.807, 2.05) is 0 Å². The van der Waals surface area contributed by atoms with Crippen molar-refractivity contribution >= 4 is 29.5 Å². The van der Waals surface area contributed by atoms with Crippen molar-refractivity contribution in [2.24, 2.45) is 0 Å². The van der Waals surface area contributed by atoms with Gasteiger partial charge in [0.2, 0.25) is 0 Å². The highest BCUT2D eigenvalue weighted by molar-refractivity contribution is 6.59. The van der Waals surface area contributed by atoms with Gasteiger partial charge in [-0.3, -0.25) is 4.79 Å². The number of aliphatic carboxylic acids is 1. The standard InChI is InChI=1S/C4H5B3O3/c5-4(6,7)2(8)1-3(9)10/h2,8H,1H2,(H,9,10). The molecule has 0 aliphatic rings. The maximum atomic E-state index is 9.93. The summed E-state index contributed by atoms with van der Waals surface area (Å²) < 4.78 is 0. The third-order valence-electron chi connectivity index (χ3n) is 0.945. The van der Waals surface area contributed by atoms with E-state index in [2.05, 4.69) is 0 Å². The Bertz CT molecular complexity index is 130. The fourth-order valence-electron chi connectivity index (χ4n) is 0.342. The van der Waals surface area contributed by atoms with Crippen molar-refractivity contribution in [1.29, 1.82) is 0 Å². The van der Waals surface area contributed by atoms with Gasteiger partial charge in [-0.25, -0.2) is 0 Å². The molecule has 6 radical (unpaired) electrons. The van der Waals surface area contributed by atoms with Gasteiger partial charge in [-0.15, -0.1) is 5.11 Å². The van der Waals surface area contributed by atoms with E-state index in [0.717, 1.165) is 0 Å². The van der Waals surface area contributed by atoms with Crippen LogP contribution in [0.15, 0.2) is 0 Å². The molecule has 0 rings (SSSR count). The molecule has 0 aliphatic carbocycles. The summed E-state index contributed by atoms with van der Waals surface area (Å²) in [4.78, 5) is 9.93. The van der Waals surface area contributed by atoms with Gasteiger partial charge < -0.3 is 10.2 Å². The molecule has 2 N–H and O–H groups in total. The highest BCUT2D eigenvalue weighted by atomic mass is 16.4. The Hall–Kier alpha value is -0.375. The smallest absolute Gasteiger partial charge is 0.305 e. The van der Waals surface area contributed by atoms with Gasteiger partial charge in [0.25, 0.3) is 0 Å². The predicted octanol–water partition coefficient (Wildman–Crippen LogP) is -1.60. The molecule has 48 valence electrons. The first kappa shape index (κ1) is 9.62. The van der Waals surface area contributed by atoms with Crippen LogP contribution in [0.25, 0.3) is 0 Å². The lowest BCUT2D eigenvalue weighted by atomic mass is 9.40. The second-order valence-electron chi connectivity index (χ2n) is 2.11. The summed E-state index contributed by atoms with van der Waals surface area (Å²) in [5.74, 6) is -1.20. The number of hydrogen-bond acceptors (Lipinski definition) is 2. The largest absolute Gasteiger partial charge is 0.481 e. The molecule has 0 spiro atoms. The Morgan fingerprint density at radius 1 is 1.50 bits per heavy atom. The van der Waals surface area contributed by atoms with Crippen LogP contribution < -0.4 is 0 Å². The monoisotopic (exact) mass is 134 g/mol. The van der Waals surface area contributed by atoms with Crippen molar-refractivity contribution in [2.45, 2.75) is 17.6 Å². The third kappa shape index (κ3) is 3.61. The fraction of sp³-hybridized carbons (Fsp3) is 0.750. The van der Waals surface area contributed by atoms with E-state index in [9.17, 15) is 4.79 Å². The number of aliphatic hydroxyl groups excluding tert-OH is 1. The molecule has 0 fully saturated rings. The highest BCUT2D eigenvalue weighted by Gasteiger charge is 2.22. The van der Waals surface area contributed by atoms with Gasteiger partial charge in [-0.1, -0.05) is 0 Å². The number of carbonyl (C=O) groups is 1. The van der Waals surface area contributed by atoms with E-state index >= 15 is 0 Å². The van der Waals surface area contributed by atoms with Crippen LogP contribution in [-0.4, -0.2) is 45.8 Å². The van der Waals surface area contributed by atoms with Gasteiger partial charge in [0, 0.05) is 6.10 Å². The maximum Gasteiger partial charge on any atom is 0.305 e. The Kier molecular flexibility index (Phi) is 3.03. The quantitative estimate of drug-likeness (QED) is 0.456. The summed E-state index contributed by atoms with van der Waals surface area (Å²) in [7, 11) is 14.9. The van der Waals surface area contributed by atoms with Crippen molar-refractivity contribution in [1.82, 2.24) is 0 Å². The van der Waals surface area contributed by atoms with Crippen LogP contribution in [0.1, 0.15) is 6.42 Å². The minimum Gasteiger partial charge on any atom is -0.481 e. The van der Waals surface area contributed by atoms with Crippen molar-refractivity contribution in [3.8, 4) is 0 Å². The molecule has 0 heterocycles. The zero-order chi connectivity index (χ0) is 8.36. The first-order chi connectivity index (χ1) is 4.34. The van der Waals surface area contributed by atoms with Gasteiger partial charge in [-0.05, 0) is 0 Å². The van der Waals surface area contributed by atoms with E-state index in [0.29, 0.717) is 0 Å². The number of aliphatic hydroxyl groups is 1. The molecule has 0 aliphatic heterocycles. The average molecular weight is 134 g/mol. The molecular weight excluding hydrogens is 128 g/mol. The predicted molar refractivity (Wildman–Crippen MR) is 38.2 cm³/mol. The Balaban J connectivity index is 3.85. The van der Waals surface area contributed by atoms with Crippen molar-refractivity contribution in [3.05, 3.63) is 0 Å². The Labute approximate surface area is 63.0 Å². The van der Waals surface area contributed by atoms with Crippen LogP contribution in [0.4, 0.5) is 0 Å². The summed E-state index contributed by atoms with van der Waals surface area (Å²) in [6.45, 7) is 0. The number of carboxylic acid groups (broad SMARTS) is 1. The molecule has 0 aromatic rings. The molecular formula is C4H5B3O3. The number of rotatable bonds is 3. The summed E-state index contributed by atoms with van der Waals surface area (Å²) in [5, 5.41) is 15.1. The van der Waals surface area contributed by atoms with Crippen LogP contribution in [0.5, 0.6) is 0 Å². The van der Waals surface area contributed by atoms with Crippen molar-refractivity contribution < 1.29 is 15.0 Å². The SMILES string of the molecule is [B]C([B])([B])C(O)CC(=O)O. The van der Waals surface area contributed by atoms with Gasteiger partial charge in [0.05, 0.1) is 30.0 Å². The van der Waals surface area contributed by atoms with Gasteiger partial charge in [-0.2, -0.15) is 0 Å². The van der Waals surface area contributed by atoms with Crippen LogP contribution in [-0.2, 0) is 4.79 Å². The van der Waals surface area contributed by atoms with E-state index in [4.69, 9.17) is 33.8 Å². The second kappa shape index (κ2) is 3.15. The topological polar surface area (TPSA) is 57.5 Å². The zero-order valence-corrected chi connectivity index (χ0v) is 5.32. The molecule has 0 saturated heterocycles. The minimum atomic E-state index is -1.83. The van der Waals surface area contributed by atoms with E-state index in [1.54, 1.807) is 0 Å². The molecule has 3 nitrogen and oxygen atoms in total. The lowest BCUT2D eigenvalue weighted by Gasteiger charge is -2.25. The van der Waals surface area contributed by atoms with Crippen LogP contribution in [0, 0.1) is 0 Å². The van der Waals surface area contributed by atoms with Crippen molar-refractivity contribution in [3.63, 3.8) is 0 Å². The van der Waals surface area contributed by atoms with Crippen LogP contribution in [0.3, 0.4) is 0 Å². The Morgan fingerprint density at radius 2 is 1.90 bits per heavy atom. The first-order valence-electron chi connectivity index (χ1n) is 2.60. The third-order valence-corrected chi connectivity index (χ3v) is 0.945. The molecule has 10 heavy (non-hydrogen) atoms. The Morgan fingerprint density at radius 3 is 2.00 bits per heavy atom. The second-order valence-corrected chi connectivity index (χ2v) is 2.11. The summed E-state index contributed by atoms with van der Waals surface area (Å²) >= 11 is 0. The average Bonchev–Trinajstić information content (AvgIpc) is 1.60. The molecule has 6 heteroatoms. The molecule has 0 aromatic heterocycles. The number of carboxylic acids is 1. The van der Waals surface area contributed by atoms with E-state index in [-0.39, 0.29) is 0 Å². The van der Waals surface area contributed by atoms with Gasteiger partial charge in [0.1, 0.15) is 0 Å². The zero-order valence-electron chi connectivity index (χ0n) is 5.32. The normalized spacial score (nSPS) is 14.5. The lowest BCUT2D eigenvalue weighted by molar-refractivity contribution is -0.139. The van der Waals surface area contributed by atoms with Crippen LogP contribution >= 0.6 is 0 Å². The summed E-state index contributed by atoms with van der Waals surface area (Å²) in [6, 6.07) is 0. The van der Waals surface area contributed by atoms with E-state index < -0.39 is 23.6 Å². The summed E-state index contributed by atoms with van der Waals surface area (Å²) in [5.41, 5.74) is 0. The van der Waals surface area contributed by atoms with Gasteiger partial charge >= 0.3 is 5.97 Å². The molecule has 1 atom stereocenters. The molecule has 0 saturated carbocycles. The molecule has 1 unspecified atom stereocenters. The summed E-state index contributed by atoms with van der Waals surface area (Å²) in [6.07, 6.45) is -1.98. The lowest BCUT2D eigenvalue weighted by Crippen LogP contribution is -2.31. The van der Waals surface area contributed by atoms with Gasteiger partial charge in [0.15, 0.2) is 0 Å². The van der Waals surface area contributed by atoms with Crippen molar-refractivity contribution in [2.75, 3.05) is 0 Å². The highest BCUT2D eigenvalue weighted by Crippen LogP contribution is 2.17. The molecule has 0 bridgehead atoms. The van der Waals surface area contributed by atoms with Crippen LogP contribution in [0.2, 0.25) is 5.11 Å². The maximum absolute atomic E-state index is 9.93. The molecule has 0 aromatic carbocycles. The molecule has 0 amide bonds.